The van der Waals surface area contributed by atoms with Crippen molar-refractivity contribution < 1.29 is 14.7 Å². The molecule has 1 heterocycles. The number of thiophene rings is 1. The van der Waals surface area contributed by atoms with Gasteiger partial charge in [0, 0.05) is 10.4 Å². The van der Waals surface area contributed by atoms with Crippen LogP contribution in [-0.4, -0.2) is 22.6 Å². The first-order chi connectivity index (χ1) is 7.79. The van der Waals surface area contributed by atoms with E-state index in [2.05, 4.69) is 10.6 Å². The molecule has 6 heteroatoms. The number of carbonyl (C=O) groups is 2. The average Bonchev–Trinajstić information content (AvgIpc) is 2.63. The molecule has 3 N–H and O–H groups in total. The van der Waals surface area contributed by atoms with Crippen LogP contribution in [0.4, 0.5) is 4.79 Å². The van der Waals surface area contributed by atoms with E-state index in [1.165, 1.54) is 11.3 Å². The summed E-state index contributed by atoms with van der Waals surface area (Å²) in [5, 5.41) is 15.9. The number of amides is 2. The summed E-state index contributed by atoms with van der Waals surface area (Å²) in [6.07, 6.45) is 0. The van der Waals surface area contributed by atoms with Crippen molar-refractivity contribution >= 4 is 23.3 Å². The molecule has 0 fully saturated rings. The number of hydrogen-bond acceptors (Lipinski definition) is 3. The lowest BCUT2D eigenvalue weighted by molar-refractivity contribution is -0.139. The third-order valence-corrected chi connectivity index (χ3v) is 2.78. The fraction of sp³-hybridized carbons (Fsp3) is 0.455. The maximum Gasteiger partial charge on any atom is 0.331 e. The van der Waals surface area contributed by atoms with Gasteiger partial charge in [-0.15, -0.1) is 11.3 Å². The number of rotatable bonds is 3. The van der Waals surface area contributed by atoms with E-state index < -0.39 is 23.6 Å². The minimum Gasteiger partial charge on any atom is -0.479 e. The fourth-order valence-corrected chi connectivity index (χ4v) is 1.99. The van der Waals surface area contributed by atoms with Crippen molar-refractivity contribution in [2.75, 3.05) is 0 Å². The summed E-state index contributed by atoms with van der Waals surface area (Å²) in [4.78, 5) is 23.2. The third kappa shape index (κ3) is 4.44. The molecular weight excluding hydrogens is 240 g/mol. The van der Waals surface area contributed by atoms with Crippen molar-refractivity contribution in [3.63, 3.8) is 0 Å². The molecule has 0 saturated heterocycles. The van der Waals surface area contributed by atoms with Crippen LogP contribution in [-0.2, 0) is 4.79 Å². The summed E-state index contributed by atoms with van der Waals surface area (Å²) in [5.74, 6) is -1.07. The highest BCUT2D eigenvalue weighted by atomic mass is 32.1. The van der Waals surface area contributed by atoms with Crippen molar-refractivity contribution in [3.05, 3.63) is 22.4 Å². The van der Waals surface area contributed by atoms with E-state index in [9.17, 15) is 9.59 Å². The first-order valence-electron chi connectivity index (χ1n) is 5.14. The lowest BCUT2D eigenvalue weighted by Crippen LogP contribution is -2.48. The third-order valence-electron chi connectivity index (χ3n) is 1.84. The Bertz CT molecular complexity index is 395. The van der Waals surface area contributed by atoms with Gasteiger partial charge in [-0.05, 0) is 32.2 Å². The Morgan fingerprint density at radius 3 is 2.47 bits per heavy atom. The maximum atomic E-state index is 11.6. The number of carbonyl (C=O) groups excluding carboxylic acids is 1. The predicted molar refractivity (Wildman–Crippen MR) is 66.1 cm³/mol. The van der Waals surface area contributed by atoms with Gasteiger partial charge in [-0.1, -0.05) is 6.07 Å². The van der Waals surface area contributed by atoms with Gasteiger partial charge < -0.3 is 15.7 Å². The molecule has 0 aromatic carbocycles. The summed E-state index contributed by atoms with van der Waals surface area (Å²) < 4.78 is 0. The second kappa shape index (κ2) is 5.18. The molecule has 0 aliphatic heterocycles. The van der Waals surface area contributed by atoms with Crippen LogP contribution in [0.15, 0.2) is 17.5 Å². The van der Waals surface area contributed by atoms with Gasteiger partial charge in [0.25, 0.3) is 0 Å². The first kappa shape index (κ1) is 13.5. The highest BCUT2D eigenvalue weighted by molar-refractivity contribution is 7.10. The second-order valence-electron chi connectivity index (χ2n) is 4.64. The zero-order valence-electron chi connectivity index (χ0n) is 9.98. The first-order valence-corrected chi connectivity index (χ1v) is 6.02. The Morgan fingerprint density at radius 1 is 1.41 bits per heavy atom. The smallest absolute Gasteiger partial charge is 0.331 e. The van der Waals surface area contributed by atoms with Crippen LogP contribution in [0.1, 0.15) is 31.7 Å². The van der Waals surface area contributed by atoms with Crippen molar-refractivity contribution in [2.24, 2.45) is 0 Å². The normalized spacial score (nSPS) is 12.9. The highest BCUT2D eigenvalue weighted by Gasteiger charge is 2.24. The van der Waals surface area contributed by atoms with E-state index in [0.29, 0.717) is 4.88 Å². The van der Waals surface area contributed by atoms with Gasteiger partial charge in [0.15, 0.2) is 6.04 Å². The Balaban J connectivity index is 2.69. The Hall–Kier alpha value is -1.56. The monoisotopic (exact) mass is 256 g/mol. The van der Waals surface area contributed by atoms with Gasteiger partial charge in [-0.25, -0.2) is 9.59 Å². The molecule has 0 aliphatic rings. The molecule has 2 amide bonds. The fourth-order valence-electron chi connectivity index (χ4n) is 1.22. The largest absolute Gasteiger partial charge is 0.479 e. The van der Waals surface area contributed by atoms with Gasteiger partial charge >= 0.3 is 12.0 Å². The Morgan fingerprint density at radius 2 is 2.06 bits per heavy atom. The summed E-state index contributed by atoms with van der Waals surface area (Å²) in [7, 11) is 0. The Labute approximate surface area is 104 Å². The van der Waals surface area contributed by atoms with Gasteiger partial charge in [0.1, 0.15) is 0 Å². The molecule has 0 aliphatic carbocycles. The average molecular weight is 256 g/mol. The van der Waals surface area contributed by atoms with Crippen LogP contribution >= 0.6 is 11.3 Å². The number of nitrogens with one attached hydrogen (secondary N) is 2. The zero-order valence-corrected chi connectivity index (χ0v) is 10.8. The van der Waals surface area contributed by atoms with Crippen LogP contribution in [0.3, 0.4) is 0 Å². The number of hydrogen-bond donors (Lipinski definition) is 3. The SMILES string of the molecule is CC(C)(C)NC(=O)NC(C(=O)O)c1cccs1. The van der Waals surface area contributed by atoms with E-state index in [1.54, 1.807) is 17.5 Å². The molecule has 17 heavy (non-hydrogen) atoms. The molecular formula is C11H16N2O3S. The molecule has 94 valence electrons. The van der Waals surface area contributed by atoms with Crippen LogP contribution in [0.2, 0.25) is 0 Å². The van der Waals surface area contributed by atoms with E-state index in [1.807, 2.05) is 20.8 Å². The summed E-state index contributed by atoms with van der Waals surface area (Å²) in [6, 6.07) is 1.94. The van der Waals surface area contributed by atoms with Crippen molar-refractivity contribution in [1.29, 1.82) is 0 Å². The van der Waals surface area contributed by atoms with Gasteiger partial charge in [0.2, 0.25) is 0 Å². The van der Waals surface area contributed by atoms with E-state index in [0.717, 1.165) is 0 Å². The van der Waals surface area contributed by atoms with Crippen LogP contribution in [0.25, 0.3) is 0 Å². The highest BCUT2D eigenvalue weighted by Crippen LogP contribution is 2.19. The van der Waals surface area contributed by atoms with Crippen molar-refractivity contribution in [3.8, 4) is 0 Å². The van der Waals surface area contributed by atoms with Crippen LogP contribution in [0, 0.1) is 0 Å². The molecule has 1 unspecified atom stereocenters. The van der Waals surface area contributed by atoms with Gasteiger partial charge in [-0.3, -0.25) is 0 Å². The number of aliphatic carboxylic acids is 1. The minimum absolute atomic E-state index is 0.400. The molecule has 0 bridgehead atoms. The van der Waals surface area contributed by atoms with Crippen LogP contribution in [0.5, 0.6) is 0 Å². The minimum atomic E-state index is -1.07. The molecule has 5 nitrogen and oxygen atoms in total. The predicted octanol–water partition coefficient (Wildman–Crippen LogP) is 1.97. The summed E-state index contributed by atoms with van der Waals surface area (Å²) >= 11 is 1.30. The Kier molecular flexibility index (Phi) is 4.11. The number of carboxylic acids is 1. The molecule has 1 atom stereocenters. The second-order valence-corrected chi connectivity index (χ2v) is 5.61. The van der Waals surface area contributed by atoms with Crippen molar-refractivity contribution in [2.45, 2.75) is 32.4 Å². The molecule has 0 spiro atoms. The standard InChI is InChI=1S/C11H16N2O3S/c1-11(2,3)13-10(16)12-8(9(14)15)7-5-4-6-17-7/h4-6,8H,1-3H3,(H,14,15)(H2,12,13,16). The quantitative estimate of drug-likeness (QED) is 0.773. The van der Waals surface area contributed by atoms with Gasteiger partial charge in [-0.2, -0.15) is 0 Å². The number of carboxylic acid groups (broad SMARTS) is 1. The van der Waals surface area contributed by atoms with E-state index >= 15 is 0 Å². The molecule has 1 rings (SSSR count). The molecule has 1 aromatic heterocycles. The van der Waals surface area contributed by atoms with E-state index in [-0.39, 0.29) is 0 Å². The number of urea groups is 1. The maximum absolute atomic E-state index is 11.6. The lowest BCUT2D eigenvalue weighted by Gasteiger charge is -2.22. The topological polar surface area (TPSA) is 78.4 Å². The molecule has 0 saturated carbocycles. The van der Waals surface area contributed by atoms with Crippen molar-refractivity contribution in [1.82, 2.24) is 10.6 Å². The molecule has 1 aromatic rings. The molecule has 0 radical (unpaired) electrons. The summed E-state index contributed by atoms with van der Waals surface area (Å²) in [5.41, 5.74) is -0.400. The van der Waals surface area contributed by atoms with Crippen LogP contribution < -0.4 is 10.6 Å². The van der Waals surface area contributed by atoms with E-state index in [4.69, 9.17) is 5.11 Å². The zero-order chi connectivity index (χ0) is 13.1. The van der Waals surface area contributed by atoms with Gasteiger partial charge in [0.05, 0.1) is 0 Å². The summed E-state index contributed by atoms with van der Waals surface area (Å²) in [6.45, 7) is 5.48. The lowest BCUT2D eigenvalue weighted by atomic mass is 10.1.